The second-order valence-electron chi connectivity index (χ2n) is 8.80. The molecular formula is C30H34N2O3S. The number of hydrogen-bond acceptors (Lipinski definition) is 4. The van der Waals surface area contributed by atoms with Crippen LogP contribution in [0.5, 0.6) is 0 Å². The first-order valence-electron chi connectivity index (χ1n) is 12.4. The molecule has 1 atom stereocenters. The molecule has 2 aromatic carbocycles. The Labute approximate surface area is 219 Å². The van der Waals surface area contributed by atoms with E-state index in [2.05, 4.69) is 30.3 Å². The Morgan fingerprint density at radius 2 is 1.47 bits per heavy atom. The van der Waals surface area contributed by atoms with E-state index < -0.39 is 11.4 Å². The fourth-order valence-electron chi connectivity index (χ4n) is 4.17. The molecule has 0 radical (unpaired) electrons. The largest absolute Gasteiger partial charge is 0.348 e. The molecule has 1 amide bonds. The summed E-state index contributed by atoms with van der Waals surface area (Å²) in [4.78, 5) is 34.2. The van der Waals surface area contributed by atoms with E-state index in [0.717, 1.165) is 16.7 Å². The lowest BCUT2D eigenvalue weighted by Crippen LogP contribution is -2.49. The summed E-state index contributed by atoms with van der Waals surface area (Å²) in [6, 6.07) is 25.6. The zero-order chi connectivity index (χ0) is 26.0. The van der Waals surface area contributed by atoms with Crippen molar-refractivity contribution in [1.82, 2.24) is 9.63 Å². The first kappa shape index (κ1) is 27.1. The fourth-order valence-corrected chi connectivity index (χ4v) is 4.35. The molecular weight excluding hydrogens is 468 g/mol. The van der Waals surface area contributed by atoms with Crippen molar-refractivity contribution in [3.63, 3.8) is 0 Å². The van der Waals surface area contributed by atoms with Crippen LogP contribution in [0.15, 0.2) is 91.1 Å². The molecule has 0 saturated carbocycles. The van der Waals surface area contributed by atoms with Crippen LogP contribution in [0.1, 0.15) is 51.2 Å². The highest BCUT2D eigenvalue weighted by atomic mass is 32.1. The maximum atomic E-state index is 13.5. The van der Waals surface area contributed by atoms with Gasteiger partial charge in [-0.3, -0.25) is 4.79 Å². The van der Waals surface area contributed by atoms with Gasteiger partial charge in [0, 0.05) is 19.3 Å². The maximum absolute atomic E-state index is 13.5. The van der Waals surface area contributed by atoms with Crippen LogP contribution in [0.3, 0.4) is 0 Å². The number of nitrogens with zero attached hydrogens (tertiary/aromatic N) is 2. The summed E-state index contributed by atoms with van der Waals surface area (Å²) in [5.41, 5.74) is 2.06. The Morgan fingerprint density at radius 1 is 0.917 bits per heavy atom. The molecule has 3 aromatic rings. The average Bonchev–Trinajstić information content (AvgIpc) is 2.91. The molecule has 1 aromatic heterocycles. The predicted molar refractivity (Wildman–Crippen MR) is 147 cm³/mol. The second-order valence-corrected chi connectivity index (χ2v) is 9.21. The van der Waals surface area contributed by atoms with Gasteiger partial charge in [-0.25, -0.2) is 4.79 Å². The molecule has 0 N–H and O–H groups in total. The lowest BCUT2D eigenvalue weighted by molar-refractivity contribution is -0.165. The molecule has 5 nitrogen and oxygen atoms in total. The van der Waals surface area contributed by atoms with Crippen molar-refractivity contribution in [2.24, 2.45) is 5.41 Å². The van der Waals surface area contributed by atoms with Gasteiger partial charge in [0.05, 0.1) is 0 Å². The van der Waals surface area contributed by atoms with Gasteiger partial charge in [-0.2, -0.15) is 4.73 Å². The third kappa shape index (κ3) is 6.58. The minimum absolute atomic E-state index is 0.227. The summed E-state index contributed by atoms with van der Waals surface area (Å²) in [6.45, 7) is 6.55. The number of aromatic nitrogens is 1. The highest BCUT2D eigenvalue weighted by molar-refractivity contribution is 7.71. The van der Waals surface area contributed by atoms with E-state index in [1.165, 1.54) is 4.73 Å². The molecule has 1 heterocycles. The molecule has 3 rings (SSSR count). The lowest BCUT2D eigenvalue weighted by Gasteiger charge is -2.31. The van der Waals surface area contributed by atoms with Crippen LogP contribution in [-0.2, 0) is 9.59 Å². The summed E-state index contributed by atoms with van der Waals surface area (Å²) in [6.07, 6.45) is 5.47. The van der Waals surface area contributed by atoms with Gasteiger partial charge in [0.1, 0.15) is 10.1 Å². The summed E-state index contributed by atoms with van der Waals surface area (Å²) in [5, 5.41) is 0. The quantitative estimate of drug-likeness (QED) is 0.174. The van der Waals surface area contributed by atoms with Gasteiger partial charge in [-0.1, -0.05) is 85.0 Å². The topological polar surface area (TPSA) is 51.5 Å². The number of unbranched alkanes of at least 4 members (excludes halogenated alkanes) is 1. The monoisotopic (exact) mass is 502 g/mol. The lowest BCUT2D eigenvalue weighted by atomic mass is 9.83. The van der Waals surface area contributed by atoms with Crippen molar-refractivity contribution < 1.29 is 14.4 Å². The maximum Gasteiger partial charge on any atom is 0.348 e. The van der Waals surface area contributed by atoms with Crippen molar-refractivity contribution in [3.05, 3.63) is 107 Å². The third-order valence-corrected chi connectivity index (χ3v) is 6.66. The van der Waals surface area contributed by atoms with Crippen LogP contribution in [0.4, 0.5) is 0 Å². The zero-order valence-electron chi connectivity index (χ0n) is 21.2. The van der Waals surface area contributed by atoms with Crippen molar-refractivity contribution in [3.8, 4) is 0 Å². The highest BCUT2D eigenvalue weighted by Crippen LogP contribution is 2.30. The van der Waals surface area contributed by atoms with E-state index in [4.69, 9.17) is 17.1 Å². The Bertz CT molecular complexity index is 1190. The summed E-state index contributed by atoms with van der Waals surface area (Å²) in [5.74, 6) is -0.827. The van der Waals surface area contributed by atoms with Gasteiger partial charge in [0.15, 0.2) is 0 Å². The normalized spacial score (nSPS) is 12.3. The molecule has 0 fully saturated rings. The Hall–Kier alpha value is -3.51. The SMILES string of the molecule is CCN(CC)C(=O)C(C)(CCCC=C(c1ccccc1)c1ccccc1)C(=O)On1ccccc1=S. The van der Waals surface area contributed by atoms with Crippen molar-refractivity contribution in [2.75, 3.05) is 13.1 Å². The smallest absolute Gasteiger partial charge is 0.342 e. The number of allylic oxidation sites excluding steroid dienone is 1. The highest BCUT2D eigenvalue weighted by Gasteiger charge is 2.44. The van der Waals surface area contributed by atoms with Gasteiger partial charge in [0.2, 0.25) is 5.91 Å². The number of amides is 1. The summed E-state index contributed by atoms with van der Waals surface area (Å²) < 4.78 is 1.61. The minimum Gasteiger partial charge on any atom is -0.342 e. The van der Waals surface area contributed by atoms with E-state index in [0.29, 0.717) is 37.0 Å². The molecule has 6 heteroatoms. The molecule has 188 valence electrons. The third-order valence-electron chi connectivity index (χ3n) is 6.34. The molecule has 0 aliphatic carbocycles. The van der Waals surface area contributed by atoms with Crippen LogP contribution in [0, 0.1) is 10.1 Å². The van der Waals surface area contributed by atoms with Crippen LogP contribution in [0.25, 0.3) is 5.57 Å². The predicted octanol–water partition coefficient (Wildman–Crippen LogP) is 6.35. The van der Waals surface area contributed by atoms with Crippen LogP contribution in [-0.4, -0.2) is 34.6 Å². The summed E-state index contributed by atoms with van der Waals surface area (Å²) >= 11 is 5.27. The zero-order valence-corrected chi connectivity index (χ0v) is 22.0. The molecule has 36 heavy (non-hydrogen) atoms. The van der Waals surface area contributed by atoms with Crippen LogP contribution < -0.4 is 4.84 Å². The standard InChI is InChI=1S/C30H34N2O3S/c1-4-31(5-2)28(33)30(3,29(34)35-32-23-15-13-21-27(32)36)22-14-12-20-26(24-16-8-6-9-17-24)25-18-10-7-11-19-25/h6-11,13,15-21,23H,4-5,12,14,22H2,1-3H3. The van der Waals surface area contributed by atoms with E-state index in [-0.39, 0.29) is 5.91 Å². The van der Waals surface area contributed by atoms with E-state index in [1.54, 1.807) is 36.2 Å². The second kappa shape index (κ2) is 13.0. The molecule has 0 bridgehead atoms. The molecule has 0 saturated heterocycles. The fraction of sp³-hybridized carbons (Fsp3) is 0.300. The van der Waals surface area contributed by atoms with Crippen molar-refractivity contribution in [2.45, 2.75) is 40.0 Å². The molecule has 0 aliphatic rings. The van der Waals surface area contributed by atoms with Gasteiger partial charge in [-0.05, 0) is 68.9 Å². The van der Waals surface area contributed by atoms with E-state index >= 15 is 0 Å². The molecule has 1 unspecified atom stereocenters. The first-order valence-corrected chi connectivity index (χ1v) is 12.8. The summed E-state index contributed by atoms with van der Waals surface area (Å²) in [7, 11) is 0. The van der Waals surface area contributed by atoms with Crippen LogP contribution >= 0.6 is 12.2 Å². The number of carbonyl (C=O) groups is 2. The van der Waals surface area contributed by atoms with Crippen molar-refractivity contribution >= 4 is 29.7 Å². The van der Waals surface area contributed by atoms with E-state index in [1.807, 2.05) is 50.2 Å². The Balaban J connectivity index is 1.83. The van der Waals surface area contributed by atoms with Gasteiger partial charge >= 0.3 is 5.97 Å². The Kier molecular flexibility index (Phi) is 9.77. The number of pyridine rings is 1. The van der Waals surface area contributed by atoms with E-state index in [9.17, 15) is 9.59 Å². The number of carbonyl (C=O) groups excluding carboxylic acids is 2. The average molecular weight is 503 g/mol. The first-order chi connectivity index (χ1) is 17.4. The van der Waals surface area contributed by atoms with Gasteiger partial charge < -0.3 is 9.74 Å². The number of benzene rings is 2. The van der Waals surface area contributed by atoms with Gasteiger partial charge in [-0.15, -0.1) is 0 Å². The van der Waals surface area contributed by atoms with Crippen molar-refractivity contribution in [1.29, 1.82) is 0 Å². The minimum atomic E-state index is -1.33. The number of hydrogen-bond donors (Lipinski definition) is 0. The molecule has 0 spiro atoms. The number of rotatable bonds is 11. The Morgan fingerprint density at radius 3 is 2.00 bits per heavy atom. The molecule has 0 aliphatic heterocycles. The van der Waals surface area contributed by atoms with Crippen LogP contribution in [0.2, 0.25) is 0 Å². The van der Waals surface area contributed by atoms with Gasteiger partial charge in [0.25, 0.3) is 0 Å².